The highest BCUT2D eigenvalue weighted by Crippen LogP contribution is 2.24. The first-order chi connectivity index (χ1) is 16.7. The van der Waals surface area contributed by atoms with Gasteiger partial charge in [-0.2, -0.15) is 0 Å². The Kier molecular flexibility index (Phi) is 8.16. The molecular formula is C24H27N5O5S. The van der Waals surface area contributed by atoms with Crippen LogP contribution in [0.25, 0.3) is 0 Å². The molecule has 3 rings (SSSR count). The van der Waals surface area contributed by atoms with Gasteiger partial charge in [-0.3, -0.25) is 9.52 Å². The van der Waals surface area contributed by atoms with Crippen molar-refractivity contribution in [1.29, 1.82) is 0 Å². The summed E-state index contributed by atoms with van der Waals surface area (Å²) in [5, 5.41) is 20.5. The van der Waals surface area contributed by atoms with E-state index in [0.717, 1.165) is 5.69 Å². The first-order valence-electron chi connectivity index (χ1n) is 10.7. The van der Waals surface area contributed by atoms with Gasteiger partial charge in [0.25, 0.3) is 10.0 Å². The lowest BCUT2D eigenvalue weighted by atomic mass is 10.0. The number of anilines is 4. The number of carbonyl (C=O) groups is 2. The third-order valence-corrected chi connectivity index (χ3v) is 6.47. The molecule has 0 radical (unpaired) electrons. The number of aliphatic carboxylic acids is 1. The van der Waals surface area contributed by atoms with Crippen molar-refractivity contribution in [3.63, 3.8) is 0 Å². The molecule has 184 valence electrons. The van der Waals surface area contributed by atoms with Crippen LogP contribution in [0.15, 0.2) is 77.7 Å². The quantitative estimate of drug-likeness (QED) is 0.249. The van der Waals surface area contributed by atoms with Crippen LogP contribution in [-0.2, 0) is 14.8 Å². The summed E-state index contributed by atoms with van der Waals surface area (Å²) in [6.45, 7) is 0. The highest BCUT2D eigenvalue weighted by molar-refractivity contribution is 7.92. The summed E-state index contributed by atoms with van der Waals surface area (Å²) in [5.41, 5.74) is 2.70. The van der Waals surface area contributed by atoms with Crippen LogP contribution in [0, 0.1) is 0 Å². The number of rotatable bonds is 10. The molecule has 0 bridgehead atoms. The third kappa shape index (κ3) is 7.11. The van der Waals surface area contributed by atoms with Crippen molar-refractivity contribution in [2.45, 2.75) is 17.4 Å². The fraction of sp³-hybridized carbons (Fsp3) is 0.167. The fourth-order valence-electron chi connectivity index (χ4n) is 3.32. The molecule has 1 unspecified atom stereocenters. The van der Waals surface area contributed by atoms with E-state index >= 15 is 0 Å². The summed E-state index contributed by atoms with van der Waals surface area (Å²) >= 11 is 0. The lowest BCUT2D eigenvalue weighted by Gasteiger charge is -2.19. The smallest absolute Gasteiger partial charge is 0.319 e. The molecule has 0 aliphatic carbocycles. The Morgan fingerprint density at radius 2 is 1.46 bits per heavy atom. The van der Waals surface area contributed by atoms with Crippen molar-refractivity contribution in [2.24, 2.45) is 0 Å². The second kappa shape index (κ2) is 11.3. The van der Waals surface area contributed by atoms with E-state index in [0.29, 0.717) is 16.9 Å². The monoisotopic (exact) mass is 497 g/mol. The molecule has 0 aliphatic rings. The van der Waals surface area contributed by atoms with Gasteiger partial charge in [0.2, 0.25) is 0 Å². The minimum absolute atomic E-state index is 0.0682. The van der Waals surface area contributed by atoms with Gasteiger partial charge < -0.3 is 26.4 Å². The molecule has 0 spiro atoms. The van der Waals surface area contributed by atoms with Gasteiger partial charge in [-0.15, -0.1) is 0 Å². The van der Waals surface area contributed by atoms with Gasteiger partial charge in [0.15, 0.2) is 0 Å². The molecule has 3 aromatic carbocycles. The average Bonchev–Trinajstić information content (AvgIpc) is 2.83. The van der Waals surface area contributed by atoms with E-state index < -0.39 is 34.5 Å². The Hall–Kier alpha value is -4.25. The normalized spacial score (nSPS) is 11.7. The van der Waals surface area contributed by atoms with Crippen molar-refractivity contribution >= 4 is 44.8 Å². The molecule has 11 heteroatoms. The Balaban J connectivity index is 1.78. The molecule has 0 saturated carbocycles. The number of sulfonamides is 1. The van der Waals surface area contributed by atoms with Gasteiger partial charge in [0, 0.05) is 36.8 Å². The maximum atomic E-state index is 12.8. The van der Waals surface area contributed by atoms with Gasteiger partial charge in [-0.05, 0) is 60.2 Å². The predicted molar refractivity (Wildman–Crippen MR) is 136 cm³/mol. The standard InChI is InChI=1S/C24H27N5O5S/c1-25-17-9-11-18(12-10-17)27-24(32)28-22(15-23(30)31)16-5-3-7-20(13-16)29-35(33,34)21-8-4-6-19(14-21)26-2/h3-14,22,25-26,29H,15H2,1-2H3,(H,30,31)(H2,27,28,32). The molecule has 0 aromatic heterocycles. The van der Waals surface area contributed by atoms with Crippen LogP contribution < -0.4 is 26.0 Å². The van der Waals surface area contributed by atoms with Crippen LogP contribution in [0.3, 0.4) is 0 Å². The van der Waals surface area contributed by atoms with Gasteiger partial charge >= 0.3 is 12.0 Å². The molecule has 0 heterocycles. The van der Waals surface area contributed by atoms with E-state index in [1.54, 1.807) is 68.7 Å². The molecule has 3 aromatic rings. The van der Waals surface area contributed by atoms with Crippen LogP contribution in [0.1, 0.15) is 18.0 Å². The minimum Gasteiger partial charge on any atom is -0.481 e. The predicted octanol–water partition coefficient (Wildman–Crippen LogP) is 3.91. The maximum absolute atomic E-state index is 12.8. The van der Waals surface area contributed by atoms with Gasteiger partial charge in [0.1, 0.15) is 0 Å². The number of carboxylic acids is 1. The molecule has 2 amide bonds. The lowest BCUT2D eigenvalue weighted by molar-refractivity contribution is -0.137. The Morgan fingerprint density at radius 3 is 2.11 bits per heavy atom. The molecule has 35 heavy (non-hydrogen) atoms. The minimum atomic E-state index is -3.89. The second-order valence-corrected chi connectivity index (χ2v) is 9.27. The number of benzene rings is 3. The zero-order valence-corrected chi connectivity index (χ0v) is 20.0. The Morgan fingerprint density at radius 1 is 0.829 bits per heavy atom. The number of carbonyl (C=O) groups excluding carboxylic acids is 1. The lowest BCUT2D eigenvalue weighted by Crippen LogP contribution is -2.33. The summed E-state index contributed by atoms with van der Waals surface area (Å²) in [5.74, 6) is -1.12. The summed E-state index contributed by atoms with van der Waals surface area (Å²) in [7, 11) is -0.429. The molecule has 0 aliphatic heterocycles. The number of nitrogens with one attached hydrogen (secondary N) is 5. The van der Waals surface area contributed by atoms with Crippen LogP contribution in [-0.4, -0.2) is 39.6 Å². The first-order valence-corrected chi connectivity index (χ1v) is 12.2. The van der Waals surface area contributed by atoms with E-state index in [4.69, 9.17) is 0 Å². The van der Waals surface area contributed by atoms with Crippen LogP contribution in [0.4, 0.5) is 27.5 Å². The number of carboxylic acid groups (broad SMARTS) is 1. The fourth-order valence-corrected chi connectivity index (χ4v) is 4.42. The van der Waals surface area contributed by atoms with Crippen molar-refractivity contribution < 1.29 is 23.1 Å². The van der Waals surface area contributed by atoms with Gasteiger partial charge in [0.05, 0.1) is 17.4 Å². The highest BCUT2D eigenvalue weighted by Gasteiger charge is 2.20. The topological polar surface area (TPSA) is 149 Å². The average molecular weight is 498 g/mol. The number of amides is 2. The van der Waals surface area contributed by atoms with Crippen molar-refractivity contribution in [3.8, 4) is 0 Å². The maximum Gasteiger partial charge on any atom is 0.319 e. The van der Waals surface area contributed by atoms with Crippen molar-refractivity contribution in [2.75, 3.05) is 34.8 Å². The summed E-state index contributed by atoms with van der Waals surface area (Å²) in [6.07, 6.45) is -0.396. The zero-order valence-electron chi connectivity index (χ0n) is 19.2. The van der Waals surface area contributed by atoms with Crippen molar-refractivity contribution in [1.82, 2.24) is 5.32 Å². The van der Waals surface area contributed by atoms with Crippen LogP contribution >= 0.6 is 0 Å². The zero-order chi connectivity index (χ0) is 25.4. The molecule has 10 nitrogen and oxygen atoms in total. The first kappa shape index (κ1) is 25.4. The largest absolute Gasteiger partial charge is 0.481 e. The summed E-state index contributed by atoms with van der Waals surface area (Å²) in [6, 6.07) is 18.0. The molecule has 0 fully saturated rings. The van der Waals surface area contributed by atoms with Crippen molar-refractivity contribution in [3.05, 3.63) is 78.4 Å². The van der Waals surface area contributed by atoms with E-state index in [2.05, 4.69) is 26.0 Å². The van der Waals surface area contributed by atoms with Gasteiger partial charge in [-0.1, -0.05) is 18.2 Å². The third-order valence-electron chi connectivity index (χ3n) is 5.09. The summed E-state index contributed by atoms with van der Waals surface area (Å²) < 4.78 is 28.2. The number of urea groups is 1. The molecule has 6 N–H and O–H groups in total. The Labute approximate surface area is 203 Å². The molecule has 1 atom stereocenters. The molecule has 0 saturated heterocycles. The molecular weight excluding hydrogens is 470 g/mol. The van der Waals surface area contributed by atoms with E-state index in [1.807, 2.05) is 0 Å². The highest BCUT2D eigenvalue weighted by atomic mass is 32.2. The second-order valence-electron chi connectivity index (χ2n) is 7.59. The van der Waals surface area contributed by atoms with E-state index in [9.17, 15) is 23.1 Å². The number of hydrogen-bond acceptors (Lipinski definition) is 6. The van der Waals surface area contributed by atoms with Crippen LogP contribution in [0.5, 0.6) is 0 Å². The number of hydrogen-bond donors (Lipinski definition) is 6. The van der Waals surface area contributed by atoms with Crippen LogP contribution in [0.2, 0.25) is 0 Å². The van der Waals surface area contributed by atoms with E-state index in [1.165, 1.54) is 18.2 Å². The van der Waals surface area contributed by atoms with E-state index in [-0.39, 0.29) is 10.6 Å². The Bertz CT molecular complexity index is 1300. The van der Waals surface area contributed by atoms with Gasteiger partial charge in [-0.25, -0.2) is 13.2 Å². The SMILES string of the molecule is CNc1ccc(NC(=O)NC(CC(=O)O)c2cccc(NS(=O)(=O)c3cccc(NC)c3)c2)cc1. The summed E-state index contributed by atoms with van der Waals surface area (Å²) in [4.78, 5) is 24.1.